The van der Waals surface area contributed by atoms with Crippen molar-refractivity contribution >= 4 is 17.7 Å². The van der Waals surface area contributed by atoms with Crippen LogP contribution in [0.1, 0.15) is 17.2 Å². The minimum Gasteiger partial charge on any atom is -0.493 e. The molecule has 0 radical (unpaired) electrons. The van der Waals surface area contributed by atoms with E-state index in [0.717, 1.165) is 10.5 Å². The van der Waals surface area contributed by atoms with Crippen LogP contribution in [-0.4, -0.2) is 25.3 Å². The average molecular weight is 333 g/mol. The molecule has 0 saturated heterocycles. The minimum absolute atomic E-state index is 0.124. The van der Waals surface area contributed by atoms with Gasteiger partial charge in [-0.1, -0.05) is 30.3 Å². The first-order chi connectivity index (χ1) is 11.2. The third kappa shape index (κ3) is 4.64. The highest BCUT2D eigenvalue weighted by molar-refractivity contribution is 7.99. The van der Waals surface area contributed by atoms with Crippen LogP contribution in [0.15, 0.2) is 53.4 Å². The van der Waals surface area contributed by atoms with Crippen LogP contribution in [0.5, 0.6) is 11.5 Å². The van der Waals surface area contributed by atoms with Crippen molar-refractivity contribution in [1.29, 1.82) is 0 Å². The Hall–Kier alpha value is -2.18. The van der Waals surface area contributed by atoms with Gasteiger partial charge in [0.1, 0.15) is 0 Å². The van der Waals surface area contributed by atoms with Gasteiger partial charge in [0.05, 0.1) is 14.2 Å². The third-order valence-electron chi connectivity index (χ3n) is 3.30. The van der Waals surface area contributed by atoms with E-state index in [4.69, 9.17) is 14.7 Å². The van der Waals surface area contributed by atoms with E-state index in [9.17, 15) is 4.79 Å². The van der Waals surface area contributed by atoms with Crippen molar-refractivity contribution in [3.05, 3.63) is 54.1 Å². The van der Waals surface area contributed by atoms with Crippen LogP contribution in [0.3, 0.4) is 0 Å². The topological polar surface area (TPSA) is 67.8 Å². The number of benzene rings is 2. The Bertz CT molecular complexity index is 648. The standard InChI is InChI=1S/C17H19NO4S/c1-21-14-9-8-13(10-15(14)22-2)23-16(11-17(19)18-20)12-6-4-3-5-7-12/h3-10,16,20H,11H2,1-2H3,(H,18,19). The maximum atomic E-state index is 11.6. The molecule has 0 bridgehead atoms. The van der Waals surface area contributed by atoms with Gasteiger partial charge in [-0.3, -0.25) is 10.0 Å². The smallest absolute Gasteiger partial charge is 0.244 e. The van der Waals surface area contributed by atoms with E-state index >= 15 is 0 Å². The van der Waals surface area contributed by atoms with Crippen molar-refractivity contribution < 1.29 is 19.5 Å². The number of thioether (sulfide) groups is 1. The van der Waals surface area contributed by atoms with E-state index in [1.54, 1.807) is 19.7 Å². The number of hydroxylamine groups is 1. The fraction of sp³-hybridized carbons (Fsp3) is 0.235. The van der Waals surface area contributed by atoms with Gasteiger partial charge in [0, 0.05) is 16.6 Å². The van der Waals surface area contributed by atoms with Gasteiger partial charge in [-0.25, -0.2) is 5.48 Å². The Labute approximate surface area is 139 Å². The van der Waals surface area contributed by atoms with E-state index in [2.05, 4.69) is 0 Å². The fourth-order valence-corrected chi connectivity index (χ4v) is 3.34. The Balaban J connectivity index is 2.25. The summed E-state index contributed by atoms with van der Waals surface area (Å²) in [5.74, 6) is 0.865. The molecule has 5 nitrogen and oxygen atoms in total. The number of rotatable bonds is 7. The highest BCUT2D eigenvalue weighted by Gasteiger charge is 2.18. The largest absolute Gasteiger partial charge is 0.493 e. The molecule has 0 aliphatic carbocycles. The highest BCUT2D eigenvalue weighted by Crippen LogP contribution is 2.40. The lowest BCUT2D eigenvalue weighted by atomic mass is 10.1. The molecule has 1 unspecified atom stereocenters. The summed E-state index contributed by atoms with van der Waals surface area (Å²) in [6, 6.07) is 15.3. The quantitative estimate of drug-likeness (QED) is 0.461. The van der Waals surface area contributed by atoms with E-state index in [-0.39, 0.29) is 11.7 Å². The number of nitrogens with one attached hydrogen (secondary N) is 1. The van der Waals surface area contributed by atoms with E-state index < -0.39 is 5.91 Å². The summed E-state index contributed by atoms with van der Waals surface area (Å²) in [4.78, 5) is 12.5. The second-order valence-electron chi connectivity index (χ2n) is 4.77. The van der Waals surface area contributed by atoms with Crippen molar-refractivity contribution in [2.75, 3.05) is 14.2 Å². The molecule has 0 aliphatic heterocycles. The second-order valence-corrected chi connectivity index (χ2v) is 6.05. The Morgan fingerprint density at radius 2 is 1.83 bits per heavy atom. The lowest BCUT2D eigenvalue weighted by Gasteiger charge is -2.17. The van der Waals surface area contributed by atoms with Gasteiger partial charge < -0.3 is 9.47 Å². The number of carbonyl (C=O) groups excluding carboxylic acids is 1. The van der Waals surface area contributed by atoms with Crippen LogP contribution < -0.4 is 15.0 Å². The summed E-state index contributed by atoms with van der Waals surface area (Å²) >= 11 is 1.53. The van der Waals surface area contributed by atoms with Gasteiger partial charge in [-0.15, -0.1) is 11.8 Å². The summed E-state index contributed by atoms with van der Waals surface area (Å²) in [5, 5.41) is 8.68. The molecule has 0 aliphatic rings. The third-order valence-corrected chi connectivity index (χ3v) is 4.55. The Morgan fingerprint density at radius 1 is 1.13 bits per heavy atom. The van der Waals surface area contributed by atoms with Gasteiger partial charge in [-0.2, -0.15) is 0 Å². The van der Waals surface area contributed by atoms with Crippen LogP contribution in [0.2, 0.25) is 0 Å². The first-order valence-electron chi connectivity index (χ1n) is 7.04. The summed E-state index contributed by atoms with van der Waals surface area (Å²) < 4.78 is 10.5. The van der Waals surface area contributed by atoms with E-state index in [0.29, 0.717) is 11.5 Å². The van der Waals surface area contributed by atoms with Crippen LogP contribution in [0.4, 0.5) is 0 Å². The zero-order chi connectivity index (χ0) is 16.7. The molecule has 2 rings (SSSR count). The second kappa shape index (κ2) is 8.45. The number of amides is 1. The fourth-order valence-electron chi connectivity index (χ4n) is 2.16. The molecule has 0 aromatic heterocycles. The predicted molar refractivity (Wildman–Crippen MR) is 89.1 cm³/mol. The summed E-state index contributed by atoms with van der Waals surface area (Å²) in [6.07, 6.45) is 0.166. The van der Waals surface area contributed by atoms with Crippen molar-refractivity contribution in [2.45, 2.75) is 16.6 Å². The highest BCUT2D eigenvalue weighted by atomic mass is 32.2. The van der Waals surface area contributed by atoms with Gasteiger partial charge in [0.15, 0.2) is 11.5 Å². The molecular weight excluding hydrogens is 314 g/mol. The van der Waals surface area contributed by atoms with Crippen LogP contribution >= 0.6 is 11.8 Å². The molecule has 2 N–H and O–H groups in total. The van der Waals surface area contributed by atoms with E-state index in [1.807, 2.05) is 48.5 Å². The van der Waals surface area contributed by atoms with Gasteiger partial charge in [0.2, 0.25) is 5.91 Å². The molecule has 122 valence electrons. The molecule has 2 aromatic rings. The van der Waals surface area contributed by atoms with E-state index in [1.165, 1.54) is 11.8 Å². The summed E-state index contributed by atoms with van der Waals surface area (Å²) in [7, 11) is 3.17. The molecule has 1 amide bonds. The molecule has 0 spiro atoms. The first kappa shape index (κ1) is 17.2. The number of hydrogen-bond donors (Lipinski definition) is 2. The maximum Gasteiger partial charge on any atom is 0.244 e. The summed E-state index contributed by atoms with van der Waals surface area (Å²) in [6.45, 7) is 0. The van der Waals surface area contributed by atoms with Gasteiger partial charge in [-0.05, 0) is 23.8 Å². The summed E-state index contributed by atoms with van der Waals surface area (Å²) in [5.41, 5.74) is 2.70. The monoisotopic (exact) mass is 333 g/mol. The molecular formula is C17H19NO4S. The lowest BCUT2D eigenvalue weighted by Crippen LogP contribution is -2.20. The Morgan fingerprint density at radius 3 is 2.43 bits per heavy atom. The maximum absolute atomic E-state index is 11.6. The first-order valence-corrected chi connectivity index (χ1v) is 7.92. The number of ether oxygens (including phenoxy) is 2. The van der Waals surface area contributed by atoms with Gasteiger partial charge in [0.25, 0.3) is 0 Å². The normalized spacial score (nSPS) is 11.6. The molecule has 23 heavy (non-hydrogen) atoms. The van der Waals surface area contributed by atoms with Crippen molar-refractivity contribution in [3.63, 3.8) is 0 Å². The molecule has 0 fully saturated rings. The van der Waals surface area contributed by atoms with Crippen LogP contribution in [0.25, 0.3) is 0 Å². The van der Waals surface area contributed by atoms with Crippen LogP contribution in [0, 0.1) is 0 Å². The number of hydrogen-bond acceptors (Lipinski definition) is 5. The van der Waals surface area contributed by atoms with Crippen LogP contribution in [-0.2, 0) is 4.79 Å². The van der Waals surface area contributed by atoms with Gasteiger partial charge >= 0.3 is 0 Å². The minimum atomic E-state index is -0.424. The SMILES string of the molecule is COc1ccc(SC(CC(=O)NO)c2ccccc2)cc1OC. The zero-order valence-electron chi connectivity index (χ0n) is 13.0. The molecule has 6 heteroatoms. The van der Waals surface area contributed by atoms with Crippen molar-refractivity contribution in [1.82, 2.24) is 5.48 Å². The number of methoxy groups -OCH3 is 2. The molecule has 0 saturated carbocycles. The molecule has 0 heterocycles. The average Bonchev–Trinajstić information content (AvgIpc) is 2.61. The van der Waals surface area contributed by atoms with Crippen molar-refractivity contribution in [3.8, 4) is 11.5 Å². The number of carbonyl (C=O) groups is 1. The lowest BCUT2D eigenvalue weighted by molar-refractivity contribution is -0.129. The Kier molecular flexibility index (Phi) is 6.31. The molecule has 2 aromatic carbocycles. The molecule has 1 atom stereocenters. The van der Waals surface area contributed by atoms with Crippen molar-refractivity contribution in [2.24, 2.45) is 0 Å². The predicted octanol–water partition coefficient (Wildman–Crippen LogP) is 3.43. The zero-order valence-corrected chi connectivity index (χ0v) is 13.8.